The number of pyridine rings is 1. The molecule has 0 amide bonds. The Kier molecular flexibility index (Phi) is 4.92. The number of ketones is 1. The Morgan fingerprint density at radius 1 is 1.23 bits per heavy atom. The summed E-state index contributed by atoms with van der Waals surface area (Å²) in [6, 6.07) is 0. The summed E-state index contributed by atoms with van der Waals surface area (Å²) in [5.41, 5.74) is -2.35. The first kappa shape index (κ1) is 20.9. The number of hydrogen-bond donors (Lipinski definition) is 4. The Bertz CT molecular complexity index is 985. The number of hydrogen-bond acceptors (Lipinski definition) is 6. The van der Waals surface area contributed by atoms with Gasteiger partial charge in [-0.2, -0.15) is 0 Å². The average molecular weight is 430 g/mol. The van der Waals surface area contributed by atoms with Crippen LogP contribution in [-0.2, 0) is 10.3 Å². The molecule has 1 saturated heterocycles. The number of carbonyl (C=O) groups excluding carboxylic acids is 1. The van der Waals surface area contributed by atoms with Gasteiger partial charge in [0.1, 0.15) is 29.1 Å². The fourth-order valence-corrected chi connectivity index (χ4v) is 6.39. The predicted octanol–water partition coefficient (Wildman–Crippen LogP) is 2.25. The van der Waals surface area contributed by atoms with Crippen molar-refractivity contribution in [3.63, 3.8) is 0 Å². The molecule has 0 unspecified atom stereocenters. The van der Waals surface area contributed by atoms with Crippen LogP contribution in [0.25, 0.3) is 0 Å². The Labute approximate surface area is 181 Å². The maximum Gasteiger partial charge on any atom is 0.262 e. The zero-order valence-corrected chi connectivity index (χ0v) is 18.0. The first-order chi connectivity index (χ1) is 14.7. The number of aliphatic hydroxyl groups excluding tert-OH is 1. The van der Waals surface area contributed by atoms with E-state index in [1.807, 2.05) is 6.92 Å². The lowest BCUT2D eigenvalue weighted by Crippen LogP contribution is -2.43. The van der Waals surface area contributed by atoms with Gasteiger partial charge in [0.2, 0.25) is 0 Å². The zero-order chi connectivity index (χ0) is 22.1. The van der Waals surface area contributed by atoms with E-state index in [1.54, 1.807) is 0 Å². The number of ether oxygens (including phenoxy) is 1. The summed E-state index contributed by atoms with van der Waals surface area (Å²) in [4.78, 5) is 29.0. The summed E-state index contributed by atoms with van der Waals surface area (Å²) in [5.74, 6) is -0.152. The van der Waals surface area contributed by atoms with Gasteiger partial charge >= 0.3 is 0 Å². The van der Waals surface area contributed by atoms with Crippen LogP contribution < -0.4 is 5.56 Å². The van der Waals surface area contributed by atoms with Gasteiger partial charge < -0.3 is 25.0 Å². The lowest BCUT2D eigenvalue weighted by Gasteiger charge is -2.42. The minimum absolute atomic E-state index is 0.0336. The molecule has 2 heterocycles. The third-order valence-corrected chi connectivity index (χ3v) is 8.19. The van der Waals surface area contributed by atoms with Gasteiger partial charge in [0.05, 0.1) is 6.10 Å². The molecule has 1 aromatic heterocycles. The number of carbonyl (C=O) groups is 1. The Hall–Kier alpha value is -1.96. The van der Waals surface area contributed by atoms with Gasteiger partial charge in [0.15, 0.2) is 5.78 Å². The Morgan fingerprint density at radius 3 is 2.77 bits per heavy atom. The quantitative estimate of drug-likeness (QED) is 0.332. The summed E-state index contributed by atoms with van der Waals surface area (Å²) in [6.07, 6.45) is 7.25. The summed E-state index contributed by atoms with van der Waals surface area (Å²) >= 11 is 0. The number of fused-ring (bicyclic) bond motifs is 2. The van der Waals surface area contributed by atoms with Gasteiger partial charge in [0.25, 0.3) is 5.56 Å². The first-order valence-electron chi connectivity index (χ1n) is 11.5. The topological polar surface area (TPSA) is 123 Å². The number of Topliss-reactive ketones (excluding diaryl/α,β-unsaturated/α-hetero) is 1. The van der Waals surface area contributed by atoms with Crippen molar-refractivity contribution in [2.75, 3.05) is 0 Å². The average Bonchev–Trinajstić information content (AvgIpc) is 3.53. The van der Waals surface area contributed by atoms with E-state index in [0.29, 0.717) is 18.3 Å². The molecule has 0 aromatic carbocycles. The van der Waals surface area contributed by atoms with Gasteiger partial charge in [-0.25, -0.2) is 0 Å². The second-order valence-electron chi connectivity index (χ2n) is 10.2. The third kappa shape index (κ3) is 3.20. The van der Waals surface area contributed by atoms with Crippen LogP contribution in [0.5, 0.6) is 5.75 Å². The van der Waals surface area contributed by atoms with Crippen LogP contribution in [-0.4, -0.2) is 44.4 Å². The van der Waals surface area contributed by atoms with Gasteiger partial charge in [-0.05, 0) is 49.4 Å². The maximum absolute atomic E-state index is 13.7. The Morgan fingerprint density at radius 2 is 2.00 bits per heavy atom. The van der Waals surface area contributed by atoms with Crippen molar-refractivity contribution in [3.05, 3.63) is 39.8 Å². The molecule has 0 bridgehead atoms. The van der Waals surface area contributed by atoms with Crippen molar-refractivity contribution in [2.24, 2.45) is 29.6 Å². The molecule has 168 valence electrons. The number of allylic oxidation sites excluding steroid dienone is 2. The van der Waals surface area contributed by atoms with Crippen molar-refractivity contribution in [1.82, 2.24) is 4.98 Å². The highest BCUT2D eigenvalue weighted by Gasteiger charge is 2.62. The number of aromatic hydroxyl groups is 1. The highest BCUT2D eigenvalue weighted by Crippen LogP contribution is 2.52. The summed E-state index contributed by atoms with van der Waals surface area (Å²) in [7, 11) is 0. The molecular weight excluding hydrogens is 398 g/mol. The largest absolute Gasteiger partial charge is 0.507 e. The molecule has 0 radical (unpaired) electrons. The Balaban J connectivity index is 1.52. The van der Waals surface area contributed by atoms with E-state index in [4.69, 9.17) is 4.74 Å². The second kappa shape index (κ2) is 7.29. The smallest absolute Gasteiger partial charge is 0.262 e. The van der Waals surface area contributed by atoms with E-state index in [2.05, 4.69) is 24.1 Å². The lowest BCUT2D eigenvalue weighted by molar-refractivity contribution is -0.0231. The summed E-state index contributed by atoms with van der Waals surface area (Å²) < 4.78 is 5.46. The van der Waals surface area contributed by atoms with Crippen LogP contribution in [0, 0.1) is 29.6 Å². The molecule has 3 aliphatic carbocycles. The molecule has 3 fully saturated rings. The van der Waals surface area contributed by atoms with Gasteiger partial charge in [-0.1, -0.05) is 32.4 Å². The van der Waals surface area contributed by atoms with Gasteiger partial charge in [-0.3, -0.25) is 9.59 Å². The van der Waals surface area contributed by atoms with E-state index in [-0.39, 0.29) is 41.1 Å². The minimum Gasteiger partial charge on any atom is -0.507 e. The molecule has 9 atom stereocenters. The van der Waals surface area contributed by atoms with Crippen molar-refractivity contribution >= 4 is 5.78 Å². The van der Waals surface area contributed by atoms with E-state index in [1.165, 1.54) is 6.20 Å². The van der Waals surface area contributed by atoms with Crippen LogP contribution in [0.2, 0.25) is 0 Å². The number of aromatic amines is 1. The third-order valence-electron chi connectivity index (χ3n) is 8.19. The van der Waals surface area contributed by atoms with Crippen LogP contribution in [0.15, 0.2) is 23.1 Å². The number of aromatic nitrogens is 1. The number of rotatable bonds is 3. The second-order valence-corrected chi connectivity index (χ2v) is 10.2. The number of epoxide rings is 1. The molecule has 2 saturated carbocycles. The molecular formula is C24H31NO6. The zero-order valence-electron chi connectivity index (χ0n) is 18.0. The van der Waals surface area contributed by atoms with Crippen LogP contribution in [0.1, 0.15) is 61.9 Å². The van der Waals surface area contributed by atoms with Crippen molar-refractivity contribution in [2.45, 2.75) is 69.9 Å². The molecule has 7 heteroatoms. The highest BCUT2D eigenvalue weighted by atomic mass is 16.6. The number of H-pyrrole nitrogens is 1. The fraction of sp³-hybridized carbons (Fsp3) is 0.667. The maximum atomic E-state index is 13.7. The van der Waals surface area contributed by atoms with Crippen LogP contribution in [0.3, 0.4) is 0 Å². The van der Waals surface area contributed by atoms with E-state index >= 15 is 0 Å². The van der Waals surface area contributed by atoms with Crippen LogP contribution in [0.4, 0.5) is 0 Å². The summed E-state index contributed by atoms with van der Waals surface area (Å²) in [6.45, 7) is 4.22. The number of aliphatic hydroxyl groups is 2. The minimum atomic E-state index is -1.55. The van der Waals surface area contributed by atoms with Crippen molar-refractivity contribution < 1.29 is 24.9 Å². The molecule has 1 aromatic rings. The fourth-order valence-electron chi connectivity index (χ4n) is 6.39. The van der Waals surface area contributed by atoms with Gasteiger partial charge in [-0.15, -0.1) is 0 Å². The molecule has 31 heavy (non-hydrogen) atoms. The normalized spacial score (nSPS) is 43.7. The van der Waals surface area contributed by atoms with E-state index in [0.717, 1.165) is 19.3 Å². The summed E-state index contributed by atoms with van der Waals surface area (Å²) in [5, 5.41) is 32.3. The molecule has 4 aliphatic rings. The number of nitrogens with one attached hydrogen (secondary N) is 1. The van der Waals surface area contributed by atoms with E-state index < -0.39 is 35.2 Å². The van der Waals surface area contributed by atoms with Gasteiger partial charge in [0, 0.05) is 17.7 Å². The predicted molar refractivity (Wildman–Crippen MR) is 113 cm³/mol. The highest BCUT2D eigenvalue weighted by molar-refractivity contribution is 6.00. The van der Waals surface area contributed by atoms with Crippen LogP contribution >= 0.6 is 0 Å². The molecule has 0 spiro atoms. The SMILES string of the molecule is C[C@@H]1CC[C@H]2[C@H](C(=O)c3c(O)c([C@@]4(O)CC[C@@H](O)[C@H]5O[C@H]54)c[nH]c3=O)[C@H](C)C=C[C@@H]2C1. The standard InChI is InChI=1S/C24H31NO6/c1-11-3-6-14-13(9-11)5-4-12(2)17(14)20(28)18-19(27)15(10-25-23(18)29)24(30)8-7-16(26)21-22(24)31-21/h4-5,10-14,16-17,21-22,26,30H,3,6-9H2,1-2H3,(H2,25,27,29)/t11-,12-,13-,14-,16-,17-,21-,22-,24+/m1/s1. The lowest BCUT2D eigenvalue weighted by atomic mass is 9.61. The van der Waals surface area contributed by atoms with E-state index in [9.17, 15) is 24.9 Å². The van der Waals surface area contributed by atoms with Crippen molar-refractivity contribution in [1.29, 1.82) is 0 Å². The van der Waals surface area contributed by atoms with Crippen molar-refractivity contribution in [3.8, 4) is 5.75 Å². The molecule has 1 aliphatic heterocycles. The molecule has 5 rings (SSSR count). The molecule has 4 N–H and O–H groups in total. The first-order valence-corrected chi connectivity index (χ1v) is 11.5. The monoisotopic (exact) mass is 429 g/mol. The molecule has 7 nitrogen and oxygen atoms in total.